The molecule has 16 heavy (non-hydrogen) atoms. The van der Waals surface area contributed by atoms with Crippen LogP contribution in [0.15, 0.2) is 23.1 Å². The minimum absolute atomic E-state index is 0.139. The summed E-state index contributed by atoms with van der Waals surface area (Å²) in [7, 11) is -3.21. The lowest BCUT2D eigenvalue weighted by molar-refractivity contribution is 0.601. The Kier molecular flexibility index (Phi) is 2.77. The minimum atomic E-state index is -3.21. The Morgan fingerprint density at radius 1 is 1.38 bits per heavy atom. The minimum Gasteiger partial charge on any atom is -0.325 e. The molecule has 2 N–H and O–H groups in total. The molecule has 1 aliphatic rings. The maximum atomic E-state index is 11.4. The quantitative estimate of drug-likeness (QED) is 0.900. The fourth-order valence-corrected chi connectivity index (χ4v) is 2.71. The summed E-state index contributed by atoms with van der Waals surface area (Å²) in [5.41, 5.74) is 6.75. The lowest BCUT2D eigenvalue weighted by atomic mass is 10.1. The van der Waals surface area contributed by atoms with Gasteiger partial charge in [0.1, 0.15) is 0 Å². The molecular formula is C11H14ClNO2S. The molecule has 0 heterocycles. The molecule has 0 unspecified atom stereocenters. The van der Waals surface area contributed by atoms with Gasteiger partial charge in [0.2, 0.25) is 0 Å². The van der Waals surface area contributed by atoms with Crippen LogP contribution in [0.2, 0.25) is 5.02 Å². The summed E-state index contributed by atoms with van der Waals surface area (Å²) in [6.45, 7) is 0. The molecule has 1 fully saturated rings. The van der Waals surface area contributed by atoms with Crippen molar-refractivity contribution in [2.45, 2.75) is 29.7 Å². The summed E-state index contributed by atoms with van der Waals surface area (Å²) in [6, 6.07) is 4.91. The van der Waals surface area contributed by atoms with E-state index in [1.165, 1.54) is 12.3 Å². The average molecular weight is 260 g/mol. The van der Waals surface area contributed by atoms with Crippen LogP contribution in [-0.4, -0.2) is 20.2 Å². The summed E-state index contributed by atoms with van der Waals surface area (Å²) in [6.07, 6.45) is 3.86. The van der Waals surface area contributed by atoms with Crippen LogP contribution in [0.4, 0.5) is 0 Å². The standard InChI is InChI=1S/C11H14ClNO2S/c1-16(14,15)10-5-8(4-9(12)6-10)7-11(13)2-3-11/h4-6H,2-3,7,13H2,1H3. The topological polar surface area (TPSA) is 60.2 Å². The molecule has 0 bridgehead atoms. The van der Waals surface area contributed by atoms with E-state index in [0.717, 1.165) is 18.4 Å². The van der Waals surface area contributed by atoms with Gasteiger partial charge in [0.05, 0.1) is 4.90 Å². The molecule has 3 nitrogen and oxygen atoms in total. The molecule has 5 heteroatoms. The first-order valence-electron chi connectivity index (χ1n) is 5.07. The number of hydrogen-bond acceptors (Lipinski definition) is 3. The number of sulfone groups is 1. The van der Waals surface area contributed by atoms with Crippen LogP contribution in [-0.2, 0) is 16.3 Å². The van der Waals surface area contributed by atoms with Gasteiger partial charge >= 0.3 is 0 Å². The number of nitrogens with two attached hydrogens (primary N) is 1. The van der Waals surface area contributed by atoms with Gasteiger partial charge in [-0.2, -0.15) is 0 Å². The zero-order valence-corrected chi connectivity index (χ0v) is 10.6. The number of halogens is 1. The van der Waals surface area contributed by atoms with E-state index in [2.05, 4.69) is 0 Å². The van der Waals surface area contributed by atoms with Gasteiger partial charge in [0, 0.05) is 16.8 Å². The molecule has 2 rings (SSSR count). The smallest absolute Gasteiger partial charge is 0.175 e. The van der Waals surface area contributed by atoms with Crippen LogP contribution in [0, 0.1) is 0 Å². The number of benzene rings is 1. The van der Waals surface area contributed by atoms with Crippen LogP contribution in [0.5, 0.6) is 0 Å². The Morgan fingerprint density at radius 3 is 2.50 bits per heavy atom. The monoisotopic (exact) mass is 259 g/mol. The molecule has 0 aliphatic heterocycles. The first kappa shape index (κ1) is 11.9. The summed E-state index contributed by atoms with van der Waals surface area (Å²) < 4.78 is 22.9. The molecule has 0 radical (unpaired) electrons. The lowest BCUT2D eigenvalue weighted by Crippen LogP contribution is -2.24. The van der Waals surface area contributed by atoms with Gasteiger partial charge < -0.3 is 5.73 Å². The zero-order chi connectivity index (χ0) is 12.0. The maximum absolute atomic E-state index is 11.4. The van der Waals surface area contributed by atoms with Crippen LogP contribution < -0.4 is 5.73 Å². The van der Waals surface area contributed by atoms with Crippen LogP contribution >= 0.6 is 11.6 Å². The molecular weight excluding hydrogens is 246 g/mol. The fourth-order valence-electron chi connectivity index (χ4n) is 1.68. The average Bonchev–Trinajstić information content (AvgIpc) is 2.80. The van der Waals surface area contributed by atoms with E-state index < -0.39 is 9.84 Å². The summed E-state index contributed by atoms with van der Waals surface area (Å²) in [4.78, 5) is 0.263. The number of rotatable bonds is 3. The second-order valence-electron chi connectivity index (χ2n) is 4.61. The first-order valence-corrected chi connectivity index (χ1v) is 7.34. The fraction of sp³-hybridized carbons (Fsp3) is 0.455. The molecule has 1 aromatic rings. The molecule has 0 saturated heterocycles. The van der Waals surface area contributed by atoms with Crippen molar-refractivity contribution in [2.24, 2.45) is 5.73 Å². The molecule has 0 amide bonds. The van der Waals surface area contributed by atoms with Gasteiger partial charge in [0.15, 0.2) is 9.84 Å². The Labute approximate surface area is 101 Å². The van der Waals surface area contributed by atoms with E-state index in [1.54, 1.807) is 12.1 Å². The molecule has 1 aliphatic carbocycles. The van der Waals surface area contributed by atoms with Crippen LogP contribution in [0.3, 0.4) is 0 Å². The van der Waals surface area contributed by atoms with Crippen molar-refractivity contribution >= 4 is 21.4 Å². The van der Waals surface area contributed by atoms with E-state index in [4.69, 9.17) is 17.3 Å². The highest BCUT2D eigenvalue weighted by molar-refractivity contribution is 7.90. The highest BCUT2D eigenvalue weighted by Crippen LogP contribution is 2.36. The molecule has 0 atom stereocenters. The van der Waals surface area contributed by atoms with Crippen molar-refractivity contribution in [2.75, 3.05) is 6.26 Å². The zero-order valence-electron chi connectivity index (χ0n) is 9.03. The Hall–Kier alpha value is -0.580. The van der Waals surface area contributed by atoms with E-state index in [9.17, 15) is 8.42 Å². The summed E-state index contributed by atoms with van der Waals surface area (Å²) >= 11 is 5.90. The lowest BCUT2D eigenvalue weighted by Gasteiger charge is -2.10. The molecule has 1 saturated carbocycles. The van der Waals surface area contributed by atoms with Crippen molar-refractivity contribution in [3.63, 3.8) is 0 Å². The Balaban J connectivity index is 2.36. The third kappa shape index (κ3) is 2.75. The van der Waals surface area contributed by atoms with Gasteiger partial charge in [-0.3, -0.25) is 0 Å². The maximum Gasteiger partial charge on any atom is 0.175 e. The normalized spacial score (nSPS) is 18.4. The van der Waals surface area contributed by atoms with Crippen molar-refractivity contribution in [3.8, 4) is 0 Å². The third-order valence-corrected chi connectivity index (χ3v) is 4.12. The third-order valence-electron chi connectivity index (χ3n) is 2.81. The predicted molar refractivity (Wildman–Crippen MR) is 64.4 cm³/mol. The summed E-state index contributed by atoms with van der Waals surface area (Å²) in [5.74, 6) is 0. The van der Waals surface area contributed by atoms with Gasteiger partial charge in [0.25, 0.3) is 0 Å². The van der Waals surface area contributed by atoms with E-state index in [0.29, 0.717) is 11.4 Å². The molecule has 88 valence electrons. The summed E-state index contributed by atoms with van der Waals surface area (Å²) in [5, 5.41) is 0.446. The largest absolute Gasteiger partial charge is 0.325 e. The Bertz CT molecular complexity index is 521. The van der Waals surface area contributed by atoms with Crippen molar-refractivity contribution in [1.82, 2.24) is 0 Å². The van der Waals surface area contributed by atoms with Crippen LogP contribution in [0.1, 0.15) is 18.4 Å². The van der Waals surface area contributed by atoms with Gasteiger partial charge in [-0.1, -0.05) is 11.6 Å². The molecule has 0 spiro atoms. The second kappa shape index (κ2) is 3.72. The van der Waals surface area contributed by atoms with Crippen molar-refractivity contribution in [1.29, 1.82) is 0 Å². The van der Waals surface area contributed by atoms with Gasteiger partial charge in [-0.05, 0) is 43.0 Å². The van der Waals surface area contributed by atoms with Gasteiger partial charge in [-0.25, -0.2) is 8.42 Å². The van der Waals surface area contributed by atoms with E-state index in [-0.39, 0.29) is 10.4 Å². The second-order valence-corrected chi connectivity index (χ2v) is 7.06. The highest BCUT2D eigenvalue weighted by atomic mass is 35.5. The number of hydrogen-bond donors (Lipinski definition) is 1. The first-order chi connectivity index (χ1) is 7.28. The van der Waals surface area contributed by atoms with E-state index >= 15 is 0 Å². The molecule has 0 aromatic heterocycles. The van der Waals surface area contributed by atoms with Crippen molar-refractivity contribution < 1.29 is 8.42 Å². The van der Waals surface area contributed by atoms with Crippen molar-refractivity contribution in [3.05, 3.63) is 28.8 Å². The SMILES string of the molecule is CS(=O)(=O)c1cc(Cl)cc(CC2(N)CC2)c1. The Morgan fingerprint density at radius 2 is 2.00 bits per heavy atom. The van der Waals surface area contributed by atoms with E-state index in [1.807, 2.05) is 0 Å². The van der Waals surface area contributed by atoms with Crippen LogP contribution in [0.25, 0.3) is 0 Å². The predicted octanol–water partition coefficient (Wildman–Crippen LogP) is 1.78. The van der Waals surface area contributed by atoms with Gasteiger partial charge in [-0.15, -0.1) is 0 Å². The highest BCUT2D eigenvalue weighted by Gasteiger charge is 2.38. The molecule has 1 aromatic carbocycles.